The zero-order valence-corrected chi connectivity index (χ0v) is 14.4. The zero-order chi connectivity index (χ0) is 15.5. The van der Waals surface area contributed by atoms with Gasteiger partial charge >= 0.3 is 0 Å². The number of methoxy groups -OCH3 is 1. The molecule has 0 saturated carbocycles. The number of nitrogens with zero attached hydrogens (tertiary/aromatic N) is 2. The molecule has 0 saturated heterocycles. The Bertz CT molecular complexity index is 267. The molecular formula is C15H34N4O. The van der Waals surface area contributed by atoms with Gasteiger partial charge in [0.15, 0.2) is 5.96 Å². The summed E-state index contributed by atoms with van der Waals surface area (Å²) in [4.78, 5) is 6.96. The van der Waals surface area contributed by atoms with Crippen LogP contribution in [0.2, 0.25) is 0 Å². The number of hydrogen-bond acceptors (Lipinski definition) is 3. The Morgan fingerprint density at radius 1 is 1.25 bits per heavy atom. The van der Waals surface area contributed by atoms with E-state index in [1.807, 2.05) is 0 Å². The molecule has 0 aliphatic carbocycles. The van der Waals surface area contributed by atoms with Gasteiger partial charge in [0.25, 0.3) is 0 Å². The van der Waals surface area contributed by atoms with E-state index in [-0.39, 0.29) is 6.04 Å². The highest BCUT2D eigenvalue weighted by atomic mass is 16.5. The van der Waals surface area contributed by atoms with Gasteiger partial charge in [-0.05, 0) is 40.3 Å². The maximum Gasteiger partial charge on any atom is 0.191 e. The Morgan fingerprint density at radius 3 is 2.35 bits per heavy atom. The minimum Gasteiger partial charge on any atom is -0.383 e. The second kappa shape index (κ2) is 10.9. The summed E-state index contributed by atoms with van der Waals surface area (Å²) in [7, 11) is 5.96. The van der Waals surface area contributed by atoms with Crippen molar-refractivity contribution in [1.29, 1.82) is 0 Å². The predicted molar refractivity (Wildman–Crippen MR) is 87.4 cm³/mol. The van der Waals surface area contributed by atoms with Crippen molar-refractivity contribution in [2.75, 3.05) is 40.9 Å². The molecule has 0 aromatic heterocycles. The molecule has 0 aromatic rings. The summed E-state index contributed by atoms with van der Waals surface area (Å²) in [5.74, 6) is 1.55. The van der Waals surface area contributed by atoms with Crippen LogP contribution in [0.15, 0.2) is 4.99 Å². The summed E-state index contributed by atoms with van der Waals surface area (Å²) in [6.45, 7) is 11.0. The topological polar surface area (TPSA) is 48.9 Å². The number of rotatable bonds is 9. The van der Waals surface area contributed by atoms with Gasteiger partial charge in [0, 0.05) is 25.7 Å². The van der Waals surface area contributed by atoms with Gasteiger partial charge in [-0.3, -0.25) is 4.99 Å². The van der Waals surface area contributed by atoms with Gasteiger partial charge in [0.1, 0.15) is 0 Å². The van der Waals surface area contributed by atoms with Crippen molar-refractivity contribution in [3.05, 3.63) is 0 Å². The molecule has 0 heterocycles. The SMILES string of the molecule is CCNC(=NCC(CC(C)C)N(C)C)NC(C)COC. The average Bonchev–Trinajstić information content (AvgIpc) is 2.33. The summed E-state index contributed by atoms with van der Waals surface area (Å²) >= 11 is 0. The monoisotopic (exact) mass is 286 g/mol. The fraction of sp³-hybridized carbons (Fsp3) is 0.933. The van der Waals surface area contributed by atoms with Crippen molar-refractivity contribution in [3.8, 4) is 0 Å². The second-order valence-electron chi connectivity index (χ2n) is 5.97. The third-order valence-corrected chi connectivity index (χ3v) is 3.08. The lowest BCUT2D eigenvalue weighted by molar-refractivity contribution is 0.179. The lowest BCUT2D eigenvalue weighted by Gasteiger charge is -2.25. The minimum absolute atomic E-state index is 0.251. The van der Waals surface area contributed by atoms with E-state index in [0.29, 0.717) is 18.6 Å². The van der Waals surface area contributed by atoms with Crippen molar-refractivity contribution >= 4 is 5.96 Å². The molecule has 0 spiro atoms. The highest BCUT2D eigenvalue weighted by Gasteiger charge is 2.13. The largest absolute Gasteiger partial charge is 0.383 e. The van der Waals surface area contributed by atoms with Crippen LogP contribution in [0.1, 0.15) is 34.1 Å². The van der Waals surface area contributed by atoms with Crippen LogP contribution in [0.25, 0.3) is 0 Å². The first kappa shape index (κ1) is 19.2. The highest BCUT2D eigenvalue weighted by Crippen LogP contribution is 2.09. The minimum atomic E-state index is 0.251. The first-order valence-electron chi connectivity index (χ1n) is 7.60. The van der Waals surface area contributed by atoms with Gasteiger partial charge in [-0.2, -0.15) is 0 Å². The zero-order valence-electron chi connectivity index (χ0n) is 14.4. The van der Waals surface area contributed by atoms with E-state index in [0.717, 1.165) is 25.5 Å². The molecule has 0 fully saturated rings. The Balaban J connectivity index is 4.55. The molecule has 2 unspecified atom stereocenters. The Kier molecular flexibility index (Phi) is 10.5. The normalized spacial score (nSPS) is 15.6. The van der Waals surface area contributed by atoms with E-state index in [1.54, 1.807) is 7.11 Å². The Morgan fingerprint density at radius 2 is 1.90 bits per heavy atom. The predicted octanol–water partition coefficient (Wildman–Crippen LogP) is 1.55. The molecule has 0 bridgehead atoms. The van der Waals surface area contributed by atoms with Gasteiger partial charge in [-0.1, -0.05) is 13.8 Å². The van der Waals surface area contributed by atoms with Crippen LogP contribution < -0.4 is 10.6 Å². The summed E-state index contributed by atoms with van der Waals surface area (Å²) in [6.07, 6.45) is 1.16. The van der Waals surface area contributed by atoms with E-state index < -0.39 is 0 Å². The Hall–Kier alpha value is -0.810. The smallest absolute Gasteiger partial charge is 0.191 e. The first-order chi connectivity index (χ1) is 9.40. The fourth-order valence-electron chi connectivity index (χ4n) is 2.03. The van der Waals surface area contributed by atoms with E-state index in [9.17, 15) is 0 Å². The second-order valence-corrected chi connectivity index (χ2v) is 5.97. The van der Waals surface area contributed by atoms with Crippen LogP contribution in [-0.4, -0.2) is 63.8 Å². The van der Waals surface area contributed by atoms with Crippen molar-refractivity contribution in [1.82, 2.24) is 15.5 Å². The third-order valence-electron chi connectivity index (χ3n) is 3.08. The average molecular weight is 286 g/mol. The maximum absolute atomic E-state index is 5.15. The number of likely N-dealkylation sites (N-methyl/N-ethyl adjacent to an activating group) is 1. The lowest BCUT2D eigenvalue weighted by Crippen LogP contribution is -2.44. The van der Waals surface area contributed by atoms with E-state index in [4.69, 9.17) is 9.73 Å². The lowest BCUT2D eigenvalue weighted by atomic mass is 10.0. The number of hydrogen-bond donors (Lipinski definition) is 2. The van der Waals surface area contributed by atoms with Gasteiger partial charge in [-0.15, -0.1) is 0 Å². The third kappa shape index (κ3) is 9.15. The van der Waals surface area contributed by atoms with Gasteiger partial charge in [0.2, 0.25) is 0 Å². The molecule has 2 atom stereocenters. The van der Waals surface area contributed by atoms with Gasteiger partial charge in [-0.25, -0.2) is 0 Å². The molecule has 2 N–H and O–H groups in total. The molecular weight excluding hydrogens is 252 g/mol. The molecule has 0 aliphatic rings. The molecule has 0 aromatic carbocycles. The van der Waals surface area contributed by atoms with Crippen LogP contribution >= 0.6 is 0 Å². The van der Waals surface area contributed by atoms with Crippen molar-refractivity contribution in [2.45, 2.75) is 46.2 Å². The van der Waals surface area contributed by atoms with Crippen molar-refractivity contribution < 1.29 is 4.74 Å². The van der Waals surface area contributed by atoms with E-state index >= 15 is 0 Å². The van der Waals surface area contributed by atoms with Crippen LogP contribution in [0.3, 0.4) is 0 Å². The summed E-state index contributed by atoms with van der Waals surface area (Å²) in [5.41, 5.74) is 0. The summed E-state index contributed by atoms with van der Waals surface area (Å²) in [5, 5.41) is 6.65. The van der Waals surface area contributed by atoms with Gasteiger partial charge < -0.3 is 20.3 Å². The molecule has 5 nitrogen and oxygen atoms in total. The van der Waals surface area contributed by atoms with Crippen molar-refractivity contribution in [3.63, 3.8) is 0 Å². The first-order valence-corrected chi connectivity index (χ1v) is 7.60. The van der Waals surface area contributed by atoms with E-state index in [1.165, 1.54) is 0 Å². The molecule has 20 heavy (non-hydrogen) atoms. The highest BCUT2D eigenvalue weighted by molar-refractivity contribution is 5.80. The van der Waals surface area contributed by atoms with Crippen LogP contribution in [0.5, 0.6) is 0 Å². The standard InChI is InChI=1S/C15H34N4O/c1-8-16-15(18-13(4)11-20-7)17-10-14(19(5)6)9-12(2)3/h12-14H,8-11H2,1-7H3,(H2,16,17,18). The maximum atomic E-state index is 5.15. The number of guanidine groups is 1. The number of nitrogens with one attached hydrogen (secondary N) is 2. The summed E-state index contributed by atoms with van der Waals surface area (Å²) < 4.78 is 5.15. The molecule has 0 rings (SSSR count). The number of aliphatic imine (C=N–C) groups is 1. The quantitative estimate of drug-likeness (QED) is 0.499. The van der Waals surface area contributed by atoms with E-state index in [2.05, 4.69) is 57.3 Å². The molecule has 120 valence electrons. The molecule has 0 amide bonds. The summed E-state index contributed by atoms with van der Waals surface area (Å²) in [6, 6.07) is 0.726. The van der Waals surface area contributed by atoms with Crippen molar-refractivity contribution in [2.24, 2.45) is 10.9 Å². The molecule has 0 radical (unpaired) electrons. The molecule has 0 aliphatic heterocycles. The number of ether oxygens (including phenoxy) is 1. The molecule has 5 heteroatoms. The fourth-order valence-corrected chi connectivity index (χ4v) is 2.03. The Labute approximate surface area is 125 Å². The van der Waals surface area contributed by atoms with Crippen LogP contribution in [0, 0.1) is 5.92 Å². The van der Waals surface area contributed by atoms with Gasteiger partial charge in [0.05, 0.1) is 13.2 Å². The van der Waals surface area contributed by atoms with Crippen LogP contribution in [-0.2, 0) is 4.74 Å². The van der Waals surface area contributed by atoms with Crippen LogP contribution in [0.4, 0.5) is 0 Å².